The molecule has 0 aliphatic carbocycles. The molecule has 0 aromatic rings. The van der Waals surface area contributed by atoms with Crippen molar-refractivity contribution in [3.63, 3.8) is 0 Å². The van der Waals surface area contributed by atoms with Crippen LogP contribution in [0, 0.1) is 0 Å². The van der Waals surface area contributed by atoms with Crippen LogP contribution >= 0.6 is 0 Å². The van der Waals surface area contributed by atoms with E-state index in [0.717, 1.165) is 4.90 Å². The topological polar surface area (TPSA) is 38.8 Å². The largest absolute Gasteiger partial charge is 0.406 e. The molecule has 0 aliphatic heterocycles. The minimum absolute atomic E-state index is 0.0137. The van der Waals surface area contributed by atoms with Crippen molar-refractivity contribution in [1.82, 2.24) is 4.90 Å². The maximum atomic E-state index is 12.4. The second-order valence-corrected chi connectivity index (χ2v) is 4.34. The van der Waals surface area contributed by atoms with Crippen LogP contribution in [0.2, 0.25) is 0 Å². The van der Waals surface area contributed by atoms with Gasteiger partial charge in [-0.1, -0.05) is 0 Å². The summed E-state index contributed by atoms with van der Waals surface area (Å²) in [5.41, 5.74) is 0. The Kier molecular flexibility index (Phi) is 8.75. The molecule has 0 aromatic carbocycles. The van der Waals surface area contributed by atoms with E-state index in [9.17, 15) is 18.0 Å². The van der Waals surface area contributed by atoms with Crippen molar-refractivity contribution in [3.05, 3.63) is 0 Å². The predicted molar refractivity (Wildman–Crippen MR) is 64.8 cm³/mol. The Hall–Kier alpha value is -0.820. The Morgan fingerprint density at radius 2 is 1.95 bits per heavy atom. The second kappa shape index (κ2) is 9.14. The highest BCUT2D eigenvalue weighted by Gasteiger charge is 2.32. The number of ether oxygens (including phenoxy) is 2. The third-order valence-electron chi connectivity index (χ3n) is 2.18. The van der Waals surface area contributed by atoms with Gasteiger partial charge in [0.25, 0.3) is 0 Å². The van der Waals surface area contributed by atoms with Gasteiger partial charge in [0.05, 0.1) is 6.10 Å². The Labute approximate surface area is 111 Å². The Balaban J connectivity index is 4.27. The van der Waals surface area contributed by atoms with E-state index in [1.165, 1.54) is 0 Å². The van der Waals surface area contributed by atoms with E-state index in [2.05, 4.69) is 0 Å². The summed E-state index contributed by atoms with van der Waals surface area (Å²) in [7, 11) is 0. The molecule has 19 heavy (non-hydrogen) atoms. The molecule has 1 amide bonds. The molecular formula is C12H22F3NO3. The van der Waals surface area contributed by atoms with Crippen molar-refractivity contribution >= 4 is 5.91 Å². The Morgan fingerprint density at radius 3 is 2.42 bits per heavy atom. The molecule has 0 heterocycles. The van der Waals surface area contributed by atoms with Gasteiger partial charge in [-0.25, -0.2) is 0 Å². The number of carbonyl (C=O) groups is 1. The van der Waals surface area contributed by atoms with E-state index >= 15 is 0 Å². The fraction of sp³-hybridized carbons (Fsp3) is 0.917. The first-order valence-electron chi connectivity index (χ1n) is 6.30. The lowest BCUT2D eigenvalue weighted by Gasteiger charge is -2.24. The summed E-state index contributed by atoms with van der Waals surface area (Å²) in [5.74, 6) is -0.650. The van der Waals surface area contributed by atoms with Gasteiger partial charge in [-0.05, 0) is 27.2 Å². The van der Waals surface area contributed by atoms with E-state index in [-0.39, 0.29) is 19.3 Å². The van der Waals surface area contributed by atoms with E-state index in [1.807, 2.05) is 0 Å². The van der Waals surface area contributed by atoms with E-state index < -0.39 is 18.6 Å². The highest BCUT2D eigenvalue weighted by atomic mass is 19.4. The molecule has 0 saturated heterocycles. The number of nitrogens with zero attached hydrogens (tertiary/aromatic N) is 1. The summed E-state index contributed by atoms with van der Waals surface area (Å²) in [6.07, 6.45) is -4.23. The molecule has 0 N–H and O–H groups in total. The lowest BCUT2D eigenvalue weighted by atomic mass is 10.3. The Morgan fingerprint density at radius 1 is 1.32 bits per heavy atom. The molecule has 7 heteroatoms. The first kappa shape index (κ1) is 18.2. The molecule has 0 unspecified atom stereocenters. The fourth-order valence-corrected chi connectivity index (χ4v) is 1.34. The van der Waals surface area contributed by atoms with Crippen molar-refractivity contribution in [3.8, 4) is 0 Å². The van der Waals surface area contributed by atoms with Crippen molar-refractivity contribution in [1.29, 1.82) is 0 Å². The van der Waals surface area contributed by atoms with Crippen LogP contribution < -0.4 is 0 Å². The molecule has 0 aromatic heterocycles. The Bertz CT molecular complexity index is 257. The van der Waals surface area contributed by atoms with Gasteiger partial charge < -0.3 is 14.4 Å². The number of amides is 1. The average molecular weight is 285 g/mol. The van der Waals surface area contributed by atoms with Gasteiger partial charge in [-0.15, -0.1) is 0 Å². The summed E-state index contributed by atoms with van der Waals surface area (Å²) in [6.45, 7) is 4.51. The van der Waals surface area contributed by atoms with Crippen molar-refractivity contribution in [2.75, 3.05) is 32.9 Å². The summed E-state index contributed by atoms with van der Waals surface area (Å²) in [5, 5.41) is 0. The SMILES string of the molecule is CCOCCCN(CC(F)(F)F)C(=O)COC(C)C. The molecule has 0 rings (SSSR count). The molecule has 0 atom stereocenters. The van der Waals surface area contributed by atoms with Gasteiger partial charge in [0.2, 0.25) is 5.91 Å². The maximum Gasteiger partial charge on any atom is 0.406 e. The summed E-state index contributed by atoms with van der Waals surface area (Å²) in [4.78, 5) is 12.4. The van der Waals surface area contributed by atoms with Crippen LogP contribution in [0.4, 0.5) is 13.2 Å². The highest BCUT2D eigenvalue weighted by molar-refractivity contribution is 5.77. The predicted octanol–water partition coefficient (Wildman–Crippen LogP) is 2.23. The van der Waals surface area contributed by atoms with Crippen LogP contribution in [0.3, 0.4) is 0 Å². The van der Waals surface area contributed by atoms with Crippen LogP contribution in [-0.4, -0.2) is 56.0 Å². The van der Waals surface area contributed by atoms with Gasteiger partial charge >= 0.3 is 6.18 Å². The molecular weight excluding hydrogens is 263 g/mol. The minimum atomic E-state index is -4.40. The standard InChI is InChI=1S/C12H22F3NO3/c1-4-18-7-5-6-16(9-12(13,14)15)11(17)8-19-10(2)3/h10H,4-9H2,1-3H3. The number of rotatable bonds is 9. The molecule has 114 valence electrons. The van der Waals surface area contributed by atoms with E-state index in [1.54, 1.807) is 20.8 Å². The molecule has 4 nitrogen and oxygen atoms in total. The van der Waals surface area contributed by atoms with E-state index in [4.69, 9.17) is 9.47 Å². The zero-order valence-electron chi connectivity index (χ0n) is 11.6. The number of alkyl halides is 3. The van der Waals surface area contributed by atoms with Gasteiger partial charge in [0, 0.05) is 19.8 Å². The van der Waals surface area contributed by atoms with Crippen LogP contribution in [0.25, 0.3) is 0 Å². The van der Waals surface area contributed by atoms with Crippen LogP contribution in [-0.2, 0) is 14.3 Å². The van der Waals surface area contributed by atoms with Crippen LogP contribution in [0.1, 0.15) is 27.2 Å². The third kappa shape index (κ3) is 10.8. The summed E-state index contributed by atoms with van der Waals surface area (Å²) < 4.78 is 47.2. The van der Waals surface area contributed by atoms with Gasteiger partial charge in [-0.3, -0.25) is 4.79 Å². The average Bonchev–Trinajstić information content (AvgIpc) is 2.28. The highest BCUT2D eigenvalue weighted by Crippen LogP contribution is 2.17. The smallest absolute Gasteiger partial charge is 0.382 e. The van der Waals surface area contributed by atoms with Gasteiger partial charge in [0.1, 0.15) is 13.2 Å². The van der Waals surface area contributed by atoms with Crippen molar-refractivity contribution in [2.24, 2.45) is 0 Å². The lowest BCUT2D eigenvalue weighted by Crippen LogP contribution is -2.42. The van der Waals surface area contributed by atoms with Crippen LogP contribution in [0.5, 0.6) is 0 Å². The lowest BCUT2D eigenvalue weighted by molar-refractivity contribution is -0.165. The minimum Gasteiger partial charge on any atom is -0.382 e. The first-order chi connectivity index (χ1) is 8.76. The molecule has 0 bridgehead atoms. The van der Waals surface area contributed by atoms with Crippen molar-refractivity contribution < 1.29 is 27.4 Å². The molecule has 0 saturated carbocycles. The van der Waals surface area contributed by atoms with E-state index in [0.29, 0.717) is 19.6 Å². The van der Waals surface area contributed by atoms with Gasteiger partial charge in [-0.2, -0.15) is 13.2 Å². The number of halogens is 3. The van der Waals surface area contributed by atoms with Gasteiger partial charge in [0.15, 0.2) is 0 Å². The number of hydrogen-bond acceptors (Lipinski definition) is 3. The molecule has 0 fully saturated rings. The number of carbonyl (C=O) groups excluding carboxylic acids is 1. The molecule has 0 aliphatic rings. The summed E-state index contributed by atoms with van der Waals surface area (Å²) >= 11 is 0. The van der Waals surface area contributed by atoms with Crippen molar-refractivity contribution in [2.45, 2.75) is 39.5 Å². The zero-order valence-corrected chi connectivity index (χ0v) is 11.6. The molecule has 0 radical (unpaired) electrons. The number of hydrogen-bond donors (Lipinski definition) is 0. The monoisotopic (exact) mass is 285 g/mol. The van der Waals surface area contributed by atoms with Crippen LogP contribution in [0.15, 0.2) is 0 Å². The third-order valence-corrected chi connectivity index (χ3v) is 2.18. The molecule has 0 spiro atoms. The fourth-order valence-electron chi connectivity index (χ4n) is 1.34. The first-order valence-corrected chi connectivity index (χ1v) is 6.30. The zero-order chi connectivity index (χ0) is 14.9. The normalized spacial score (nSPS) is 11.9. The maximum absolute atomic E-state index is 12.4. The second-order valence-electron chi connectivity index (χ2n) is 4.34. The summed E-state index contributed by atoms with van der Waals surface area (Å²) in [6, 6.07) is 0. The quantitative estimate of drug-likeness (QED) is 0.610.